The van der Waals surface area contributed by atoms with Crippen molar-refractivity contribution in [2.24, 2.45) is 0 Å². The van der Waals surface area contributed by atoms with Gasteiger partial charge >= 0.3 is 0 Å². The third-order valence-corrected chi connectivity index (χ3v) is 2.80. The van der Waals surface area contributed by atoms with Crippen LogP contribution in [0.2, 0.25) is 0 Å². The highest BCUT2D eigenvalue weighted by Crippen LogP contribution is 2.12. The molecule has 0 aromatic rings. The molecule has 0 radical (unpaired) electrons. The van der Waals surface area contributed by atoms with Gasteiger partial charge in [-0.3, -0.25) is 4.84 Å². The van der Waals surface area contributed by atoms with Gasteiger partial charge in [0.05, 0.1) is 5.60 Å². The Morgan fingerprint density at radius 2 is 2.00 bits per heavy atom. The fraction of sp³-hybridized carbons (Fsp3) is 1.00. The first-order valence-corrected chi connectivity index (χ1v) is 6.17. The lowest BCUT2D eigenvalue weighted by Crippen LogP contribution is -2.37. The van der Waals surface area contributed by atoms with Gasteiger partial charge in [-0.2, -0.15) is 5.48 Å². The summed E-state index contributed by atoms with van der Waals surface area (Å²) in [4.78, 5) is 8.14. The number of nitrogens with zero attached hydrogens (tertiary/aromatic N) is 1. The van der Waals surface area contributed by atoms with E-state index in [-0.39, 0.29) is 5.60 Å². The van der Waals surface area contributed by atoms with E-state index in [1.807, 2.05) is 0 Å². The monoisotopic (exact) mass is 214 g/mol. The minimum absolute atomic E-state index is 0.0866. The fourth-order valence-electron chi connectivity index (χ4n) is 1.85. The summed E-state index contributed by atoms with van der Waals surface area (Å²) >= 11 is 0. The van der Waals surface area contributed by atoms with Gasteiger partial charge in [0.1, 0.15) is 0 Å². The zero-order valence-electron chi connectivity index (χ0n) is 10.7. The maximum Gasteiger partial charge on any atom is 0.0813 e. The molecule has 0 saturated carbocycles. The zero-order chi connectivity index (χ0) is 11.3. The van der Waals surface area contributed by atoms with E-state index in [1.165, 1.54) is 38.9 Å². The van der Waals surface area contributed by atoms with Crippen LogP contribution in [0.3, 0.4) is 0 Å². The molecule has 3 nitrogen and oxygen atoms in total. The molecule has 0 aromatic carbocycles. The van der Waals surface area contributed by atoms with Gasteiger partial charge in [0.2, 0.25) is 0 Å². The summed E-state index contributed by atoms with van der Waals surface area (Å²) in [7, 11) is 0. The summed E-state index contributed by atoms with van der Waals surface area (Å²) in [5.41, 5.74) is 3.13. The molecule has 0 bridgehead atoms. The molecule has 0 aromatic heterocycles. The lowest BCUT2D eigenvalue weighted by Gasteiger charge is -2.24. The first-order chi connectivity index (χ1) is 7.01. The van der Waals surface area contributed by atoms with Crippen molar-refractivity contribution in [3.63, 3.8) is 0 Å². The van der Waals surface area contributed by atoms with E-state index in [0.29, 0.717) is 6.04 Å². The van der Waals surface area contributed by atoms with Crippen molar-refractivity contribution in [2.75, 3.05) is 19.6 Å². The number of likely N-dealkylation sites (tertiary alicyclic amines) is 1. The summed E-state index contributed by atoms with van der Waals surface area (Å²) in [5, 5.41) is 0. The molecule has 15 heavy (non-hydrogen) atoms. The number of hydrogen-bond acceptors (Lipinski definition) is 3. The molecule has 1 unspecified atom stereocenters. The Balaban J connectivity index is 2.25. The smallest absolute Gasteiger partial charge is 0.0813 e. The van der Waals surface area contributed by atoms with E-state index < -0.39 is 0 Å². The lowest BCUT2D eigenvalue weighted by atomic mass is 10.1. The SMILES string of the molecule is CCN1CCCC(NOC(C)(C)C)CC1. The van der Waals surface area contributed by atoms with Crippen molar-refractivity contribution in [2.45, 2.75) is 58.6 Å². The molecule has 0 amide bonds. The largest absolute Gasteiger partial charge is 0.304 e. The van der Waals surface area contributed by atoms with Crippen molar-refractivity contribution in [1.82, 2.24) is 10.4 Å². The summed E-state index contributed by atoms with van der Waals surface area (Å²) in [6, 6.07) is 0.528. The van der Waals surface area contributed by atoms with Crippen LogP contribution in [0.25, 0.3) is 0 Å². The van der Waals surface area contributed by atoms with Crippen LogP contribution in [-0.2, 0) is 4.84 Å². The minimum atomic E-state index is -0.0866. The second-order valence-corrected chi connectivity index (χ2v) is 5.39. The van der Waals surface area contributed by atoms with Crippen molar-refractivity contribution < 1.29 is 4.84 Å². The predicted octanol–water partition coefficient (Wildman–Crippen LogP) is 2.18. The second kappa shape index (κ2) is 5.83. The molecule has 1 heterocycles. The molecule has 1 atom stereocenters. The van der Waals surface area contributed by atoms with E-state index in [2.05, 4.69) is 38.1 Å². The standard InChI is InChI=1S/C12H26N2O/c1-5-14-9-6-7-11(8-10-14)13-15-12(2,3)4/h11,13H,5-10H2,1-4H3. The third kappa shape index (κ3) is 5.50. The van der Waals surface area contributed by atoms with Crippen molar-refractivity contribution in [1.29, 1.82) is 0 Å². The highest BCUT2D eigenvalue weighted by molar-refractivity contribution is 4.72. The number of hydroxylamine groups is 1. The number of nitrogens with one attached hydrogen (secondary N) is 1. The van der Waals surface area contributed by atoms with Gasteiger partial charge in [0.25, 0.3) is 0 Å². The fourth-order valence-corrected chi connectivity index (χ4v) is 1.85. The van der Waals surface area contributed by atoms with Crippen LogP contribution in [0.1, 0.15) is 47.0 Å². The first kappa shape index (κ1) is 12.9. The Bertz CT molecular complexity index is 177. The van der Waals surface area contributed by atoms with Crippen molar-refractivity contribution >= 4 is 0 Å². The summed E-state index contributed by atoms with van der Waals surface area (Å²) in [5.74, 6) is 0. The maximum atomic E-state index is 5.62. The van der Waals surface area contributed by atoms with Gasteiger partial charge in [-0.15, -0.1) is 0 Å². The average Bonchev–Trinajstić information content (AvgIpc) is 2.38. The van der Waals surface area contributed by atoms with Crippen LogP contribution >= 0.6 is 0 Å². The minimum Gasteiger partial charge on any atom is -0.304 e. The molecular weight excluding hydrogens is 188 g/mol. The summed E-state index contributed by atoms with van der Waals surface area (Å²) in [6.07, 6.45) is 3.70. The van der Waals surface area contributed by atoms with Crippen LogP contribution in [0.15, 0.2) is 0 Å². The predicted molar refractivity (Wildman–Crippen MR) is 63.7 cm³/mol. The van der Waals surface area contributed by atoms with Crippen LogP contribution in [0.5, 0.6) is 0 Å². The molecule has 1 saturated heterocycles. The van der Waals surface area contributed by atoms with Gasteiger partial charge in [-0.25, -0.2) is 0 Å². The molecule has 3 heteroatoms. The van der Waals surface area contributed by atoms with Crippen molar-refractivity contribution in [3.05, 3.63) is 0 Å². The van der Waals surface area contributed by atoms with Crippen LogP contribution in [0.4, 0.5) is 0 Å². The van der Waals surface area contributed by atoms with E-state index in [9.17, 15) is 0 Å². The van der Waals surface area contributed by atoms with E-state index in [1.54, 1.807) is 0 Å². The molecule has 1 aliphatic rings. The molecule has 0 aliphatic carbocycles. The van der Waals surface area contributed by atoms with Gasteiger partial charge < -0.3 is 4.90 Å². The Labute approximate surface area is 94.1 Å². The second-order valence-electron chi connectivity index (χ2n) is 5.39. The Kier molecular flexibility index (Phi) is 5.03. The molecule has 0 spiro atoms. The number of rotatable bonds is 3. The van der Waals surface area contributed by atoms with Crippen LogP contribution in [0, 0.1) is 0 Å². The lowest BCUT2D eigenvalue weighted by molar-refractivity contribution is -0.0899. The highest BCUT2D eigenvalue weighted by atomic mass is 16.7. The summed E-state index contributed by atoms with van der Waals surface area (Å²) < 4.78 is 0. The molecular formula is C12H26N2O. The topological polar surface area (TPSA) is 24.5 Å². The van der Waals surface area contributed by atoms with Crippen LogP contribution < -0.4 is 5.48 Å². The molecule has 1 N–H and O–H groups in total. The number of hydrogen-bond donors (Lipinski definition) is 1. The van der Waals surface area contributed by atoms with Crippen molar-refractivity contribution in [3.8, 4) is 0 Å². The van der Waals surface area contributed by atoms with Gasteiger partial charge in [0.15, 0.2) is 0 Å². The highest BCUT2D eigenvalue weighted by Gasteiger charge is 2.18. The Morgan fingerprint density at radius 3 is 2.60 bits per heavy atom. The van der Waals surface area contributed by atoms with E-state index in [0.717, 1.165) is 0 Å². The quantitative estimate of drug-likeness (QED) is 0.729. The molecule has 1 aliphatic heterocycles. The summed E-state index contributed by atoms with van der Waals surface area (Å²) in [6.45, 7) is 12.1. The first-order valence-electron chi connectivity index (χ1n) is 6.17. The Morgan fingerprint density at radius 1 is 1.27 bits per heavy atom. The molecule has 1 fully saturated rings. The average molecular weight is 214 g/mol. The zero-order valence-corrected chi connectivity index (χ0v) is 10.7. The van der Waals surface area contributed by atoms with Gasteiger partial charge in [-0.05, 0) is 59.7 Å². The molecule has 90 valence electrons. The van der Waals surface area contributed by atoms with Gasteiger partial charge in [-0.1, -0.05) is 6.92 Å². The third-order valence-electron chi connectivity index (χ3n) is 2.80. The van der Waals surface area contributed by atoms with E-state index >= 15 is 0 Å². The maximum absolute atomic E-state index is 5.62. The van der Waals surface area contributed by atoms with E-state index in [4.69, 9.17) is 4.84 Å². The molecule has 1 rings (SSSR count). The van der Waals surface area contributed by atoms with Crippen LogP contribution in [-0.4, -0.2) is 36.2 Å². The Hall–Kier alpha value is -0.120. The normalized spacial score (nSPS) is 25.2. The van der Waals surface area contributed by atoms with Gasteiger partial charge in [0, 0.05) is 6.04 Å².